The summed E-state index contributed by atoms with van der Waals surface area (Å²) in [5.74, 6) is -0.961. The molecule has 0 radical (unpaired) electrons. The van der Waals surface area contributed by atoms with Crippen molar-refractivity contribution in [1.82, 2.24) is 14.8 Å². The molecule has 7 heteroatoms. The second kappa shape index (κ2) is 7.19. The molecule has 0 aliphatic carbocycles. The van der Waals surface area contributed by atoms with Crippen molar-refractivity contribution >= 4 is 28.6 Å². The Morgan fingerprint density at radius 3 is 2.59 bits per heavy atom. The summed E-state index contributed by atoms with van der Waals surface area (Å²) in [6, 6.07) is 9.08. The molecule has 0 bridgehead atoms. The predicted octanol–water partition coefficient (Wildman–Crippen LogP) is 3.08. The highest BCUT2D eigenvalue weighted by Crippen LogP contribution is 2.23. The minimum Gasteiger partial charge on any atom is -0.449 e. The number of ether oxygens (including phenoxy) is 1. The number of nitrogens with zero attached hydrogens (tertiary/aromatic N) is 3. The molecule has 140 valence electrons. The molecular formula is C20H22N4O3. The van der Waals surface area contributed by atoms with Crippen LogP contribution in [-0.2, 0) is 16.6 Å². The Morgan fingerprint density at radius 2 is 1.89 bits per heavy atom. The monoisotopic (exact) mass is 366 g/mol. The molecule has 1 unspecified atom stereocenters. The van der Waals surface area contributed by atoms with Gasteiger partial charge in [-0.05, 0) is 45.4 Å². The minimum atomic E-state index is -0.947. The maximum Gasteiger partial charge on any atom is 0.339 e. The minimum absolute atomic E-state index is 0.360. The van der Waals surface area contributed by atoms with E-state index < -0.39 is 12.1 Å². The van der Waals surface area contributed by atoms with E-state index in [1.807, 2.05) is 32.0 Å². The zero-order valence-electron chi connectivity index (χ0n) is 16.0. The van der Waals surface area contributed by atoms with E-state index in [0.29, 0.717) is 33.7 Å². The Bertz CT molecular complexity index is 1040. The van der Waals surface area contributed by atoms with E-state index in [9.17, 15) is 9.59 Å². The van der Waals surface area contributed by atoms with Gasteiger partial charge in [-0.1, -0.05) is 18.2 Å². The lowest BCUT2D eigenvalue weighted by Crippen LogP contribution is -2.30. The third-order valence-electron chi connectivity index (χ3n) is 4.37. The van der Waals surface area contributed by atoms with Gasteiger partial charge in [-0.2, -0.15) is 5.10 Å². The van der Waals surface area contributed by atoms with Gasteiger partial charge in [0.2, 0.25) is 0 Å². The fraction of sp³-hybridized carbons (Fsp3) is 0.300. The summed E-state index contributed by atoms with van der Waals surface area (Å²) < 4.78 is 7.05. The molecule has 2 heterocycles. The van der Waals surface area contributed by atoms with Gasteiger partial charge in [-0.3, -0.25) is 9.48 Å². The molecule has 1 amide bonds. The number of hydrogen-bond donors (Lipinski definition) is 1. The molecular weight excluding hydrogens is 344 g/mol. The Kier molecular flexibility index (Phi) is 4.94. The van der Waals surface area contributed by atoms with Gasteiger partial charge in [0.05, 0.1) is 16.6 Å². The van der Waals surface area contributed by atoms with Gasteiger partial charge in [-0.15, -0.1) is 0 Å². The van der Waals surface area contributed by atoms with Crippen molar-refractivity contribution in [1.29, 1.82) is 0 Å². The number of amides is 1. The number of rotatable bonds is 4. The van der Waals surface area contributed by atoms with Crippen LogP contribution in [0.1, 0.15) is 34.2 Å². The highest BCUT2D eigenvalue weighted by Gasteiger charge is 2.23. The van der Waals surface area contributed by atoms with E-state index in [2.05, 4.69) is 15.4 Å². The van der Waals surface area contributed by atoms with E-state index in [1.54, 1.807) is 37.7 Å². The fourth-order valence-electron chi connectivity index (χ4n) is 2.96. The van der Waals surface area contributed by atoms with Gasteiger partial charge in [0.25, 0.3) is 5.91 Å². The first kappa shape index (κ1) is 18.6. The Labute approximate surface area is 157 Å². The van der Waals surface area contributed by atoms with Gasteiger partial charge in [-0.25, -0.2) is 9.78 Å². The summed E-state index contributed by atoms with van der Waals surface area (Å²) in [5, 5.41) is 7.75. The number of nitrogens with one attached hydrogen (secondary N) is 1. The highest BCUT2D eigenvalue weighted by atomic mass is 16.5. The average Bonchev–Trinajstić information content (AvgIpc) is 2.90. The van der Waals surface area contributed by atoms with Gasteiger partial charge in [0.1, 0.15) is 0 Å². The van der Waals surface area contributed by atoms with Gasteiger partial charge in [0, 0.05) is 18.4 Å². The van der Waals surface area contributed by atoms with E-state index in [1.165, 1.54) is 0 Å². The fourth-order valence-corrected chi connectivity index (χ4v) is 2.96. The first-order chi connectivity index (χ1) is 12.8. The molecule has 2 aromatic heterocycles. The van der Waals surface area contributed by atoms with Crippen LogP contribution >= 0.6 is 0 Å². The first-order valence-electron chi connectivity index (χ1n) is 8.66. The summed E-state index contributed by atoms with van der Waals surface area (Å²) in [5.41, 5.74) is 3.95. The number of fused-ring (bicyclic) bond motifs is 1. The normalized spacial score (nSPS) is 12.0. The quantitative estimate of drug-likeness (QED) is 0.717. The van der Waals surface area contributed by atoms with Gasteiger partial charge >= 0.3 is 5.97 Å². The number of anilines is 1. The summed E-state index contributed by atoms with van der Waals surface area (Å²) in [7, 11) is 1.77. The third kappa shape index (κ3) is 3.67. The zero-order valence-corrected chi connectivity index (χ0v) is 16.0. The molecule has 27 heavy (non-hydrogen) atoms. The van der Waals surface area contributed by atoms with Crippen molar-refractivity contribution in [3.05, 3.63) is 52.8 Å². The van der Waals surface area contributed by atoms with Crippen LogP contribution in [0, 0.1) is 20.8 Å². The second-order valence-electron chi connectivity index (χ2n) is 6.57. The molecule has 0 saturated carbocycles. The topological polar surface area (TPSA) is 86.1 Å². The standard InChI is InChI=1S/C20H22N4O3/c1-11-8-6-7-9-16(11)22-19(25)14(4)27-20(26)15-10-12(2)21-18-17(15)13(3)23-24(18)5/h6-10,14H,1-5H3,(H,22,25). The number of carbonyl (C=O) groups is 2. The number of para-hydroxylation sites is 1. The number of aryl methyl sites for hydroxylation is 4. The number of pyridine rings is 1. The van der Waals surface area contributed by atoms with Crippen molar-refractivity contribution in [3.63, 3.8) is 0 Å². The van der Waals surface area contributed by atoms with Crippen LogP contribution in [0.2, 0.25) is 0 Å². The lowest BCUT2D eigenvalue weighted by atomic mass is 10.1. The first-order valence-corrected chi connectivity index (χ1v) is 8.66. The van der Waals surface area contributed by atoms with E-state index >= 15 is 0 Å². The number of hydrogen-bond acceptors (Lipinski definition) is 5. The number of aromatic nitrogens is 3. The van der Waals surface area contributed by atoms with Crippen molar-refractivity contribution in [3.8, 4) is 0 Å². The molecule has 3 rings (SSSR count). The van der Waals surface area contributed by atoms with Gasteiger partial charge < -0.3 is 10.1 Å². The molecule has 1 N–H and O–H groups in total. The van der Waals surface area contributed by atoms with Gasteiger partial charge in [0.15, 0.2) is 11.8 Å². The van der Waals surface area contributed by atoms with Crippen molar-refractivity contribution < 1.29 is 14.3 Å². The summed E-state index contributed by atoms with van der Waals surface area (Å²) in [4.78, 5) is 29.6. The summed E-state index contributed by atoms with van der Waals surface area (Å²) in [6.07, 6.45) is -0.947. The van der Waals surface area contributed by atoms with Crippen LogP contribution in [0.15, 0.2) is 30.3 Å². The van der Waals surface area contributed by atoms with E-state index in [0.717, 1.165) is 5.56 Å². The molecule has 7 nitrogen and oxygen atoms in total. The molecule has 1 atom stereocenters. The highest BCUT2D eigenvalue weighted by molar-refractivity contribution is 6.05. The van der Waals surface area contributed by atoms with Crippen LogP contribution in [0.4, 0.5) is 5.69 Å². The average molecular weight is 366 g/mol. The van der Waals surface area contributed by atoms with E-state index in [-0.39, 0.29) is 5.91 Å². The number of esters is 1. The number of carbonyl (C=O) groups excluding carboxylic acids is 2. The molecule has 1 aromatic carbocycles. The Hall–Kier alpha value is -3.22. The molecule has 3 aromatic rings. The van der Waals surface area contributed by atoms with Crippen LogP contribution in [0.3, 0.4) is 0 Å². The lowest BCUT2D eigenvalue weighted by molar-refractivity contribution is -0.123. The molecule has 0 spiro atoms. The van der Waals surface area contributed by atoms with Crippen molar-refractivity contribution in [2.45, 2.75) is 33.8 Å². The second-order valence-corrected chi connectivity index (χ2v) is 6.57. The van der Waals surface area contributed by atoms with Crippen molar-refractivity contribution in [2.75, 3.05) is 5.32 Å². The zero-order chi connectivity index (χ0) is 19.7. The molecule has 0 fully saturated rings. The van der Waals surface area contributed by atoms with Crippen LogP contribution in [0.5, 0.6) is 0 Å². The SMILES string of the molecule is Cc1cc(C(=O)OC(C)C(=O)Nc2ccccc2C)c2c(C)nn(C)c2n1. The van der Waals surface area contributed by atoms with Crippen LogP contribution < -0.4 is 5.32 Å². The van der Waals surface area contributed by atoms with E-state index in [4.69, 9.17) is 4.74 Å². The van der Waals surface area contributed by atoms with Crippen LogP contribution in [-0.4, -0.2) is 32.7 Å². The Balaban J connectivity index is 1.82. The number of benzene rings is 1. The smallest absolute Gasteiger partial charge is 0.339 e. The predicted molar refractivity (Wildman–Crippen MR) is 103 cm³/mol. The summed E-state index contributed by atoms with van der Waals surface area (Å²) >= 11 is 0. The lowest BCUT2D eigenvalue weighted by Gasteiger charge is -2.15. The third-order valence-corrected chi connectivity index (χ3v) is 4.37. The Morgan fingerprint density at radius 1 is 1.19 bits per heavy atom. The largest absolute Gasteiger partial charge is 0.449 e. The molecule has 0 aliphatic rings. The maximum atomic E-state index is 12.7. The van der Waals surface area contributed by atoms with Crippen LogP contribution in [0.25, 0.3) is 11.0 Å². The van der Waals surface area contributed by atoms with Crippen molar-refractivity contribution in [2.24, 2.45) is 7.05 Å². The molecule has 0 aliphatic heterocycles. The molecule has 0 saturated heterocycles. The summed E-state index contributed by atoms with van der Waals surface area (Å²) in [6.45, 7) is 7.05. The maximum absolute atomic E-state index is 12.7.